The lowest BCUT2D eigenvalue weighted by Gasteiger charge is -2.03. The third-order valence-electron chi connectivity index (χ3n) is 1.50. The molecule has 13 heavy (non-hydrogen) atoms. The maximum Gasteiger partial charge on any atom is 0.407 e. The Morgan fingerprint density at radius 2 is 2.38 bits per heavy atom. The summed E-state index contributed by atoms with van der Waals surface area (Å²) in [5, 5.41) is 2.36. The van der Waals surface area contributed by atoms with Crippen molar-refractivity contribution < 1.29 is 9.53 Å². The highest BCUT2D eigenvalue weighted by molar-refractivity contribution is 5.66. The molecule has 0 saturated heterocycles. The standard InChI is InChI=1S/C9H12N2O2/c1-7-4-3-5-8(11-7)6-13-9(12)10-2/h3-5H,6H2,1-2H3,(H,10,12). The molecule has 0 aliphatic rings. The molecule has 0 saturated carbocycles. The first-order valence-electron chi connectivity index (χ1n) is 3.99. The average Bonchev–Trinajstić information content (AvgIpc) is 2.14. The van der Waals surface area contributed by atoms with Crippen molar-refractivity contribution in [3.63, 3.8) is 0 Å². The van der Waals surface area contributed by atoms with Crippen molar-refractivity contribution in [1.29, 1.82) is 0 Å². The molecule has 0 bridgehead atoms. The van der Waals surface area contributed by atoms with Gasteiger partial charge in [0.25, 0.3) is 0 Å². The predicted molar refractivity (Wildman–Crippen MR) is 48.2 cm³/mol. The number of rotatable bonds is 2. The predicted octanol–water partition coefficient (Wildman–Crippen LogP) is 1.25. The van der Waals surface area contributed by atoms with Crippen molar-refractivity contribution >= 4 is 6.09 Å². The fourth-order valence-corrected chi connectivity index (χ4v) is 0.892. The number of hydrogen-bond acceptors (Lipinski definition) is 3. The summed E-state index contributed by atoms with van der Waals surface area (Å²) in [5.74, 6) is 0. The Balaban J connectivity index is 2.50. The van der Waals surface area contributed by atoms with E-state index in [-0.39, 0.29) is 6.61 Å². The van der Waals surface area contributed by atoms with Crippen LogP contribution in [0.15, 0.2) is 18.2 Å². The van der Waals surface area contributed by atoms with Crippen LogP contribution in [0.5, 0.6) is 0 Å². The lowest BCUT2D eigenvalue weighted by atomic mass is 10.3. The number of pyridine rings is 1. The van der Waals surface area contributed by atoms with Gasteiger partial charge in [-0.3, -0.25) is 4.98 Å². The molecule has 0 radical (unpaired) electrons. The summed E-state index contributed by atoms with van der Waals surface area (Å²) in [4.78, 5) is 14.9. The molecule has 1 heterocycles. The number of nitrogens with one attached hydrogen (secondary N) is 1. The number of aromatic nitrogens is 1. The smallest absolute Gasteiger partial charge is 0.407 e. The summed E-state index contributed by atoms with van der Waals surface area (Å²) in [7, 11) is 1.52. The van der Waals surface area contributed by atoms with Crippen LogP contribution in [-0.2, 0) is 11.3 Å². The molecule has 1 aromatic rings. The molecule has 0 aliphatic heterocycles. The Morgan fingerprint density at radius 1 is 1.62 bits per heavy atom. The molecule has 4 nitrogen and oxygen atoms in total. The van der Waals surface area contributed by atoms with Crippen LogP contribution in [0, 0.1) is 6.92 Å². The van der Waals surface area contributed by atoms with Crippen LogP contribution in [0.2, 0.25) is 0 Å². The SMILES string of the molecule is CNC(=O)OCc1cccc(C)n1. The van der Waals surface area contributed by atoms with Gasteiger partial charge in [-0.1, -0.05) is 6.07 Å². The quantitative estimate of drug-likeness (QED) is 0.745. The second-order valence-corrected chi connectivity index (χ2v) is 2.60. The number of carbonyl (C=O) groups is 1. The fraction of sp³-hybridized carbons (Fsp3) is 0.333. The molecule has 70 valence electrons. The lowest BCUT2D eigenvalue weighted by Crippen LogP contribution is -2.19. The van der Waals surface area contributed by atoms with Gasteiger partial charge in [-0.15, -0.1) is 0 Å². The molecule has 1 amide bonds. The van der Waals surface area contributed by atoms with E-state index in [0.717, 1.165) is 11.4 Å². The molecule has 4 heteroatoms. The summed E-state index contributed by atoms with van der Waals surface area (Å²) < 4.78 is 4.82. The number of alkyl carbamates (subject to hydrolysis) is 1. The highest BCUT2D eigenvalue weighted by Crippen LogP contribution is 1.99. The summed E-state index contributed by atoms with van der Waals surface area (Å²) in [6, 6.07) is 5.59. The molecule has 0 unspecified atom stereocenters. The Kier molecular flexibility index (Phi) is 3.25. The monoisotopic (exact) mass is 180 g/mol. The van der Waals surface area contributed by atoms with Gasteiger partial charge in [0, 0.05) is 12.7 Å². The lowest BCUT2D eigenvalue weighted by molar-refractivity contribution is 0.140. The van der Waals surface area contributed by atoms with Crippen LogP contribution >= 0.6 is 0 Å². The molecule has 0 aliphatic carbocycles. The van der Waals surface area contributed by atoms with Crippen LogP contribution < -0.4 is 5.32 Å². The number of hydrogen-bond donors (Lipinski definition) is 1. The van der Waals surface area contributed by atoms with Gasteiger partial charge < -0.3 is 10.1 Å². The van der Waals surface area contributed by atoms with Gasteiger partial charge in [0.1, 0.15) is 6.61 Å². The molecule has 0 fully saturated rings. The zero-order chi connectivity index (χ0) is 9.68. The zero-order valence-corrected chi connectivity index (χ0v) is 7.70. The van der Waals surface area contributed by atoms with E-state index in [2.05, 4.69) is 10.3 Å². The molecule has 0 spiro atoms. The van der Waals surface area contributed by atoms with Crippen molar-refractivity contribution in [1.82, 2.24) is 10.3 Å². The van der Waals surface area contributed by atoms with E-state index in [0.29, 0.717) is 0 Å². The molecule has 0 aromatic carbocycles. The Morgan fingerprint density at radius 3 is 3.00 bits per heavy atom. The van der Waals surface area contributed by atoms with E-state index in [1.807, 2.05) is 25.1 Å². The maximum atomic E-state index is 10.7. The van der Waals surface area contributed by atoms with Gasteiger partial charge in [-0.25, -0.2) is 4.79 Å². The first-order valence-corrected chi connectivity index (χ1v) is 3.99. The Labute approximate surface area is 76.9 Å². The molecular weight excluding hydrogens is 168 g/mol. The van der Waals surface area contributed by atoms with Gasteiger partial charge in [0.15, 0.2) is 0 Å². The van der Waals surface area contributed by atoms with Crippen molar-refractivity contribution in [3.05, 3.63) is 29.6 Å². The van der Waals surface area contributed by atoms with E-state index in [1.165, 1.54) is 7.05 Å². The number of carbonyl (C=O) groups excluding carboxylic acids is 1. The Hall–Kier alpha value is -1.58. The Bertz CT molecular complexity index is 299. The van der Waals surface area contributed by atoms with Crippen LogP contribution in [0.1, 0.15) is 11.4 Å². The molecule has 1 aromatic heterocycles. The molecule has 1 N–H and O–H groups in total. The normalized spacial score (nSPS) is 9.38. The van der Waals surface area contributed by atoms with Crippen molar-refractivity contribution in [3.8, 4) is 0 Å². The topological polar surface area (TPSA) is 51.2 Å². The number of amides is 1. The minimum Gasteiger partial charge on any atom is -0.443 e. The van der Waals surface area contributed by atoms with Crippen molar-refractivity contribution in [2.75, 3.05) is 7.05 Å². The average molecular weight is 180 g/mol. The van der Waals surface area contributed by atoms with Crippen LogP contribution in [0.25, 0.3) is 0 Å². The molecule has 1 rings (SSSR count). The number of aryl methyl sites for hydroxylation is 1. The second-order valence-electron chi connectivity index (χ2n) is 2.60. The number of ether oxygens (including phenoxy) is 1. The largest absolute Gasteiger partial charge is 0.443 e. The van der Waals surface area contributed by atoms with E-state index < -0.39 is 6.09 Å². The van der Waals surface area contributed by atoms with Crippen LogP contribution in [0.3, 0.4) is 0 Å². The number of nitrogens with zero attached hydrogens (tertiary/aromatic N) is 1. The van der Waals surface area contributed by atoms with E-state index in [1.54, 1.807) is 0 Å². The zero-order valence-electron chi connectivity index (χ0n) is 7.70. The van der Waals surface area contributed by atoms with Crippen LogP contribution in [0.4, 0.5) is 4.79 Å². The first kappa shape index (κ1) is 9.51. The van der Waals surface area contributed by atoms with Crippen LogP contribution in [-0.4, -0.2) is 18.1 Å². The summed E-state index contributed by atoms with van der Waals surface area (Å²) in [6.07, 6.45) is -0.441. The van der Waals surface area contributed by atoms with E-state index in [9.17, 15) is 4.79 Å². The first-order chi connectivity index (χ1) is 6.22. The minimum absolute atomic E-state index is 0.210. The van der Waals surface area contributed by atoms with Gasteiger partial charge in [-0.2, -0.15) is 0 Å². The second kappa shape index (κ2) is 4.45. The van der Waals surface area contributed by atoms with Crippen molar-refractivity contribution in [2.45, 2.75) is 13.5 Å². The highest BCUT2D eigenvalue weighted by Gasteiger charge is 1.99. The van der Waals surface area contributed by atoms with Crippen molar-refractivity contribution in [2.24, 2.45) is 0 Å². The third kappa shape index (κ3) is 3.11. The van der Waals surface area contributed by atoms with E-state index >= 15 is 0 Å². The summed E-state index contributed by atoms with van der Waals surface area (Å²) in [6.45, 7) is 2.10. The highest BCUT2D eigenvalue weighted by atomic mass is 16.5. The van der Waals surface area contributed by atoms with Gasteiger partial charge >= 0.3 is 6.09 Å². The maximum absolute atomic E-state index is 10.7. The van der Waals surface area contributed by atoms with Gasteiger partial charge in [0.2, 0.25) is 0 Å². The van der Waals surface area contributed by atoms with Gasteiger partial charge in [0.05, 0.1) is 5.69 Å². The fourth-order valence-electron chi connectivity index (χ4n) is 0.892. The summed E-state index contributed by atoms with van der Waals surface area (Å²) in [5.41, 5.74) is 1.67. The summed E-state index contributed by atoms with van der Waals surface area (Å²) >= 11 is 0. The molecular formula is C9H12N2O2. The van der Waals surface area contributed by atoms with Gasteiger partial charge in [-0.05, 0) is 19.1 Å². The van der Waals surface area contributed by atoms with E-state index in [4.69, 9.17) is 4.74 Å². The third-order valence-corrected chi connectivity index (χ3v) is 1.50. The molecule has 0 atom stereocenters. The minimum atomic E-state index is -0.441.